The number of hydrogen-bond acceptors (Lipinski definition) is 4. The average molecular weight is 176 g/mol. The van der Waals surface area contributed by atoms with Crippen LogP contribution in [-0.4, -0.2) is 16.4 Å². The van der Waals surface area contributed by atoms with Crippen LogP contribution < -0.4 is 0 Å². The highest BCUT2D eigenvalue weighted by molar-refractivity contribution is 7.80. The fourth-order valence-corrected chi connectivity index (χ4v) is 0.371. The molecule has 0 unspecified atom stereocenters. The Bertz CT molecular complexity index is 163. The first kappa shape index (κ1) is 9.65. The third-order valence-corrected chi connectivity index (χ3v) is 1.52. The minimum Gasteiger partial charge on any atom is -0.415 e. The van der Waals surface area contributed by atoms with E-state index in [1.807, 2.05) is 13.8 Å². The predicted octanol–water partition coefficient (Wildman–Crippen LogP) is 1.51. The molecule has 4 heteroatoms. The van der Waals surface area contributed by atoms with Gasteiger partial charge < -0.3 is 4.74 Å². The van der Waals surface area contributed by atoms with Gasteiger partial charge in [0, 0.05) is 5.92 Å². The summed E-state index contributed by atoms with van der Waals surface area (Å²) in [6, 6.07) is 0. The second kappa shape index (κ2) is 4.46. The molecule has 10 heavy (non-hydrogen) atoms. The zero-order chi connectivity index (χ0) is 8.15. The van der Waals surface area contributed by atoms with E-state index in [0.29, 0.717) is 0 Å². The van der Waals surface area contributed by atoms with E-state index in [2.05, 4.69) is 17.0 Å². The van der Waals surface area contributed by atoms with Gasteiger partial charge in [-0.15, -0.1) is 0 Å². The third kappa shape index (κ3) is 3.63. The third-order valence-electron chi connectivity index (χ3n) is 0.769. The largest absolute Gasteiger partial charge is 0.415 e. The van der Waals surface area contributed by atoms with Gasteiger partial charge in [-0.05, 0) is 12.2 Å². The van der Waals surface area contributed by atoms with E-state index in [1.165, 1.54) is 0 Å². The molecule has 0 fully saturated rings. The first-order valence-corrected chi connectivity index (χ1v) is 3.66. The summed E-state index contributed by atoms with van der Waals surface area (Å²) in [5.41, 5.74) is 0. The van der Waals surface area contributed by atoms with Crippen LogP contribution >= 0.6 is 24.4 Å². The normalized spacial score (nSPS) is 9.10. The summed E-state index contributed by atoms with van der Waals surface area (Å²) in [5, 5.41) is 1.21. The molecule has 0 aliphatic carbocycles. The molecule has 0 amide bonds. The van der Waals surface area contributed by atoms with Crippen LogP contribution in [0.1, 0.15) is 13.8 Å². The highest BCUT2D eigenvalue weighted by atomic mass is 32.1. The molecule has 0 aliphatic rings. The van der Waals surface area contributed by atoms with Crippen molar-refractivity contribution in [2.75, 3.05) is 0 Å². The Hall–Kier alpha value is -0.350. The molecule has 0 N–H and O–H groups in total. The predicted molar refractivity (Wildman–Crippen MR) is 47.2 cm³/mol. The fraction of sp³-hybridized carbons (Fsp3) is 0.500. The monoisotopic (exact) mass is 176 g/mol. The number of hydrogen-bond donors (Lipinski definition) is 0. The van der Waals surface area contributed by atoms with E-state index >= 15 is 0 Å². The van der Waals surface area contributed by atoms with Crippen molar-refractivity contribution in [3.05, 3.63) is 0 Å². The van der Waals surface area contributed by atoms with Gasteiger partial charge in [0.15, 0.2) is 5.05 Å². The summed E-state index contributed by atoms with van der Waals surface area (Å²) in [7, 11) is 0. The van der Waals surface area contributed by atoms with Gasteiger partial charge >= 0.3 is 5.97 Å². The van der Waals surface area contributed by atoms with Crippen molar-refractivity contribution in [3.63, 3.8) is 0 Å². The summed E-state index contributed by atoms with van der Waals surface area (Å²) in [4.78, 5) is 10.5. The molecule has 0 saturated carbocycles. The van der Waals surface area contributed by atoms with Crippen LogP contribution in [-0.2, 0) is 9.53 Å². The van der Waals surface area contributed by atoms with Crippen LogP contribution in [0.4, 0.5) is 0 Å². The highest BCUT2D eigenvalue weighted by Crippen LogP contribution is 1.98. The first-order chi connectivity index (χ1) is 4.57. The Kier molecular flexibility index (Phi) is 4.31. The van der Waals surface area contributed by atoms with Gasteiger partial charge in [-0.2, -0.15) is 0 Å². The molecule has 0 aromatic rings. The Morgan fingerprint density at radius 3 is 2.40 bits per heavy atom. The maximum Gasteiger partial charge on any atom is 0.347 e. The van der Waals surface area contributed by atoms with E-state index in [4.69, 9.17) is 12.2 Å². The Morgan fingerprint density at radius 2 is 2.10 bits per heavy atom. The number of esters is 1. The lowest BCUT2D eigenvalue weighted by Crippen LogP contribution is -2.15. The SMILES string of the molecule is CC(C)C(=S)OC(=O)C=S. The molecular formula is C6H8O2S2. The Morgan fingerprint density at radius 1 is 1.60 bits per heavy atom. The molecule has 0 saturated heterocycles. The smallest absolute Gasteiger partial charge is 0.347 e. The summed E-state index contributed by atoms with van der Waals surface area (Å²) >= 11 is 9.03. The van der Waals surface area contributed by atoms with Gasteiger partial charge in [0.2, 0.25) is 0 Å². The number of thiocarbonyl (C=S) groups is 2. The van der Waals surface area contributed by atoms with E-state index in [0.717, 1.165) is 5.37 Å². The number of rotatable bonds is 2. The highest BCUT2D eigenvalue weighted by Gasteiger charge is 2.06. The van der Waals surface area contributed by atoms with Crippen molar-refractivity contribution in [1.29, 1.82) is 0 Å². The number of carbonyl (C=O) groups excluding carboxylic acids is 1. The van der Waals surface area contributed by atoms with E-state index < -0.39 is 5.97 Å². The van der Waals surface area contributed by atoms with Crippen LogP contribution in [0, 0.1) is 5.92 Å². The van der Waals surface area contributed by atoms with Gasteiger partial charge in [-0.3, -0.25) is 0 Å². The average Bonchev–Trinajstić information content (AvgIpc) is 1.87. The van der Waals surface area contributed by atoms with Crippen molar-refractivity contribution in [1.82, 2.24) is 0 Å². The van der Waals surface area contributed by atoms with Crippen LogP contribution in [0.2, 0.25) is 0 Å². The van der Waals surface area contributed by atoms with Gasteiger partial charge in [-0.25, -0.2) is 4.79 Å². The van der Waals surface area contributed by atoms with Crippen molar-refractivity contribution >= 4 is 40.8 Å². The maximum atomic E-state index is 10.5. The molecular weight excluding hydrogens is 168 g/mol. The lowest BCUT2D eigenvalue weighted by Gasteiger charge is -2.04. The van der Waals surface area contributed by atoms with Gasteiger partial charge in [-0.1, -0.05) is 26.1 Å². The zero-order valence-electron chi connectivity index (χ0n) is 5.79. The number of ether oxygens (including phenoxy) is 1. The van der Waals surface area contributed by atoms with Crippen molar-refractivity contribution in [3.8, 4) is 0 Å². The second-order valence-corrected chi connectivity index (χ2v) is 2.65. The number of carbonyl (C=O) groups is 1. The van der Waals surface area contributed by atoms with Crippen LogP contribution in [0.15, 0.2) is 0 Å². The summed E-state index contributed by atoms with van der Waals surface area (Å²) in [5.74, 6) is -0.484. The van der Waals surface area contributed by atoms with Gasteiger partial charge in [0.05, 0.1) is 5.37 Å². The topological polar surface area (TPSA) is 26.3 Å². The standard InChI is InChI=1S/C6H8O2S2/c1-4(2)6(10)8-5(7)3-9/h3-4H,1-2H3. The molecule has 0 heterocycles. The minimum absolute atomic E-state index is 0.0777. The molecule has 0 aliphatic heterocycles. The summed E-state index contributed by atoms with van der Waals surface area (Å²) < 4.78 is 4.59. The van der Waals surface area contributed by atoms with Crippen LogP contribution in [0.3, 0.4) is 0 Å². The molecule has 0 aromatic heterocycles. The lowest BCUT2D eigenvalue weighted by atomic mass is 10.2. The van der Waals surface area contributed by atoms with Crippen molar-refractivity contribution in [2.45, 2.75) is 13.8 Å². The molecule has 56 valence electrons. The maximum absolute atomic E-state index is 10.5. The van der Waals surface area contributed by atoms with E-state index in [9.17, 15) is 4.79 Å². The van der Waals surface area contributed by atoms with Crippen molar-refractivity contribution in [2.24, 2.45) is 5.92 Å². The van der Waals surface area contributed by atoms with Gasteiger partial charge in [0.1, 0.15) is 0 Å². The Balaban J connectivity index is 3.80. The van der Waals surface area contributed by atoms with E-state index in [1.54, 1.807) is 0 Å². The first-order valence-electron chi connectivity index (χ1n) is 2.78. The lowest BCUT2D eigenvalue weighted by molar-refractivity contribution is -0.127. The van der Waals surface area contributed by atoms with Crippen LogP contribution in [0.5, 0.6) is 0 Å². The Labute approximate surface area is 70.6 Å². The summed E-state index contributed by atoms with van der Waals surface area (Å²) in [6.07, 6.45) is 0. The van der Waals surface area contributed by atoms with Crippen LogP contribution in [0.25, 0.3) is 0 Å². The quantitative estimate of drug-likeness (QED) is 0.470. The zero-order valence-corrected chi connectivity index (χ0v) is 7.42. The second-order valence-electron chi connectivity index (χ2n) is 2.01. The van der Waals surface area contributed by atoms with Gasteiger partial charge in [0.25, 0.3) is 0 Å². The molecule has 0 spiro atoms. The van der Waals surface area contributed by atoms with E-state index in [-0.39, 0.29) is 11.0 Å². The molecule has 0 aromatic carbocycles. The molecule has 0 atom stereocenters. The van der Waals surface area contributed by atoms with Crippen molar-refractivity contribution < 1.29 is 9.53 Å². The minimum atomic E-state index is -0.561. The summed E-state index contributed by atoms with van der Waals surface area (Å²) in [6.45, 7) is 3.69. The fourth-order valence-electron chi connectivity index (χ4n) is 0.241. The molecule has 0 bridgehead atoms. The molecule has 2 nitrogen and oxygen atoms in total. The molecule has 0 radical (unpaired) electrons. The molecule has 0 rings (SSSR count).